The van der Waals surface area contributed by atoms with Crippen LogP contribution in [-0.4, -0.2) is 9.97 Å². The molecule has 0 saturated heterocycles. The Bertz CT molecular complexity index is 666. The highest BCUT2D eigenvalue weighted by Crippen LogP contribution is 2.33. The zero-order valence-corrected chi connectivity index (χ0v) is 10.3. The molecule has 0 bridgehead atoms. The SMILES string of the molecule is Cc1[nH]c2ccccc2c1-c1nc(CN)cs1. The van der Waals surface area contributed by atoms with Gasteiger partial charge < -0.3 is 10.7 Å². The van der Waals surface area contributed by atoms with Crippen molar-refractivity contribution in [3.8, 4) is 10.6 Å². The molecule has 0 saturated carbocycles. The van der Waals surface area contributed by atoms with Crippen LogP contribution < -0.4 is 5.73 Å². The number of benzene rings is 1. The van der Waals surface area contributed by atoms with E-state index < -0.39 is 0 Å². The number of aromatic nitrogens is 2. The lowest BCUT2D eigenvalue weighted by Crippen LogP contribution is -1.95. The lowest BCUT2D eigenvalue weighted by Gasteiger charge is -1.95. The van der Waals surface area contributed by atoms with Gasteiger partial charge >= 0.3 is 0 Å². The van der Waals surface area contributed by atoms with Gasteiger partial charge in [0.05, 0.1) is 5.69 Å². The van der Waals surface area contributed by atoms with Crippen molar-refractivity contribution in [3.63, 3.8) is 0 Å². The van der Waals surface area contributed by atoms with Gasteiger partial charge in [-0.3, -0.25) is 0 Å². The summed E-state index contributed by atoms with van der Waals surface area (Å²) in [4.78, 5) is 7.94. The first-order valence-electron chi connectivity index (χ1n) is 5.51. The second-order valence-corrected chi connectivity index (χ2v) is 4.88. The largest absolute Gasteiger partial charge is 0.358 e. The standard InChI is InChI=1S/C13H13N3S/c1-8-12(13-16-9(6-14)7-17-13)10-4-2-3-5-11(10)15-8/h2-5,7,15H,6,14H2,1H3. The lowest BCUT2D eigenvalue weighted by atomic mass is 10.1. The van der Waals surface area contributed by atoms with Gasteiger partial charge in [0.25, 0.3) is 0 Å². The second-order valence-electron chi connectivity index (χ2n) is 4.02. The summed E-state index contributed by atoms with van der Waals surface area (Å²) in [5, 5.41) is 4.29. The van der Waals surface area contributed by atoms with E-state index in [0.29, 0.717) is 6.54 Å². The van der Waals surface area contributed by atoms with E-state index in [2.05, 4.69) is 35.1 Å². The van der Waals surface area contributed by atoms with E-state index >= 15 is 0 Å². The fraction of sp³-hybridized carbons (Fsp3) is 0.154. The van der Waals surface area contributed by atoms with Gasteiger partial charge in [-0.15, -0.1) is 11.3 Å². The summed E-state index contributed by atoms with van der Waals surface area (Å²) in [5.41, 5.74) is 10.1. The number of rotatable bonds is 2. The molecule has 2 aromatic heterocycles. The molecule has 0 amide bonds. The molecule has 3 rings (SSSR count). The van der Waals surface area contributed by atoms with Crippen LogP contribution in [0.2, 0.25) is 0 Å². The molecule has 0 spiro atoms. The minimum Gasteiger partial charge on any atom is -0.358 e. The van der Waals surface area contributed by atoms with E-state index in [-0.39, 0.29) is 0 Å². The molecule has 1 aromatic carbocycles. The van der Waals surface area contributed by atoms with Gasteiger partial charge in [-0.05, 0) is 13.0 Å². The smallest absolute Gasteiger partial charge is 0.126 e. The van der Waals surface area contributed by atoms with Crippen molar-refractivity contribution in [1.29, 1.82) is 0 Å². The van der Waals surface area contributed by atoms with Crippen molar-refractivity contribution in [2.45, 2.75) is 13.5 Å². The molecular weight excluding hydrogens is 230 g/mol. The van der Waals surface area contributed by atoms with Crippen molar-refractivity contribution in [2.75, 3.05) is 0 Å². The van der Waals surface area contributed by atoms with E-state index in [9.17, 15) is 0 Å². The zero-order valence-electron chi connectivity index (χ0n) is 9.53. The molecule has 17 heavy (non-hydrogen) atoms. The Hall–Kier alpha value is -1.65. The number of fused-ring (bicyclic) bond motifs is 1. The van der Waals surface area contributed by atoms with Gasteiger partial charge in [0.1, 0.15) is 5.01 Å². The first kappa shape index (κ1) is 10.5. The monoisotopic (exact) mass is 243 g/mol. The average molecular weight is 243 g/mol. The van der Waals surface area contributed by atoms with Crippen molar-refractivity contribution in [2.24, 2.45) is 5.73 Å². The van der Waals surface area contributed by atoms with Crippen LogP contribution in [0.5, 0.6) is 0 Å². The van der Waals surface area contributed by atoms with Crippen LogP contribution in [0.15, 0.2) is 29.6 Å². The zero-order chi connectivity index (χ0) is 11.8. The van der Waals surface area contributed by atoms with Crippen LogP contribution in [0.1, 0.15) is 11.4 Å². The van der Waals surface area contributed by atoms with Gasteiger partial charge in [-0.1, -0.05) is 18.2 Å². The van der Waals surface area contributed by atoms with E-state index in [1.54, 1.807) is 11.3 Å². The molecule has 0 unspecified atom stereocenters. The van der Waals surface area contributed by atoms with E-state index in [1.165, 1.54) is 10.9 Å². The molecule has 0 fully saturated rings. The minimum atomic E-state index is 0.498. The van der Waals surface area contributed by atoms with Crippen LogP contribution in [0.25, 0.3) is 21.5 Å². The number of nitrogens with two attached hydrogens (primary N) is 1. The Morgan fingerprint density at radius 2 is 2.18 bits per heavy atom. The summed E-state index contributed by atoms with van der Waals surface area (Å²) < 4.78 is 0. The third kappa shape index (κ3) is 1.66. The highest BCUT2D eigenvalue weighted by molar-refractivity contribution is 7.13. The number of thiazole rings is 1. The molecular formula is C13H13N3S. The summed E-state index contributed by atoms with van der Waals surface area (Å²) in [7, 11) is 0. The molecule has 0 radical (unpaired) electrons. The molecule has 0 aliphatic carbocycles. The van der Waals surface area contributed by atoms with E-state index in [4.69, 9.17) is 5.73 Å². The molecule has 3 aromatic rings. The molecule has 0 aliphatic rings. The van der Waals surface area contributed by atoms with Gasteiger partial charge in [0.15, 0.2) is 0 Å². The maximum absolute atomic E-state index is 5.60. The number of hydrogen-bond donors (Lipinski definition) is 2. The molecule has 86 valence electrons. The van der Waals surface area contributed by atoms with Crippen LogP contribution in [0, 0.1) is 6.92 Å². The summed E-state index contributed by atoms with van der Waals surface area (Å²) >= 11 is 1.65. The predicted octanol–water partition coefficient (Wildman–Crippen LogP) is 3.06. The number of H-pyrrole nitrogens is 1. The Balaban J connectivity index is 2.25. The van der Waals surface area contributed by atoms with Crippen molar-refractivity contribution in [3.05, 3.63) is 41.0 Å². The summed E-state index contributed by atoms with van der Waals surface area (Å²) in [5.74, 6) is 0. The van der Waals surface area contributed by atoms with E-state index in [0.717, 1.165) is 21.9 Å². The van der Waals surface area contributed by atoms with Crippen LogP contribution in [0.3, 0.4) is 0 Å². The van der Waals surface area contributed by atoms with E-state index in [1.807, 2.05) is 11.4 Å². The summed E-state index contributed by atoms with van der Waals surface area (Å²) in [6, 6.07) is 8.30. The average Bonchev–Trinajstić information content (AvgIpc) is 2.91. The summed E-state index contributed by atoms with van der Waals surface area (Å²) in [6.07, 6.45) is 0. The number of aryl methyl sites for hydroxylation is 1. The fourth-order valence-corrected chi connectivity index (χ4v) is 3.02. The highest BCUT2D eigenvalue weighted by atomic mass is 32.1. The van der Waals surface area contributed by atoms with Crippen molar-refractivity contribution < 1.29 is 0 Å². The molecule has 0 aliphatic heterocycles. The molecule has 0 atom stereocenters. The fourth-order valence-electron chi connectivity index (χ4n) is 2.07. The number of nitrogens with one attached hydrogen (secondary N) is 1. The number of para-hydroxylation sites is 1. The molecule has 4 heteroatoms. The Morgan fingerprint density at radius 1 is 1.35 bits per heavy atom. The number of hydrogen-bond acceptors (Lipinski definition) is 3. The minimum absolute atomic E-state index is 0.498. The Morgan fingerprint density at radius 3 is 2.94 bits per heavy atom. The quantitative estimate of drug-likeness (QED) is 0.726. The Labute approximate surface area is 103 Å². The first-order chi connectivity index (χ1) is 8.29. The molecule has 3 N–H and O–H groups in total. The van der Waals surface area contributed by atoms with Gasteiger partial charge in [-0.2, -0.15) is 0 Å². The first-order valence-corrected chi connectivity index (χ1v) is 6.39. The van der Waals surface area contributed by atoms with Gasteiger partial charge in [-0.25, -0.2) is 4.98 Å². The Kier molecular flexibility index (Phi) is 2.46. The maximum Gasteiger partial charge on any atom is 0.126 e. The van der Waals surface area contributed by atoms with Crippen LogP contribution in [-0.2, 0) is 6.54 Å². The van der Waals surface area contributed by atoms with Crippen LogP contribution >= 0.6 is 11.3 Å². The predicted molar refractivity (Wildman–Crippen MR) is 72.0 cm³/mol. The highest BCUT2D eigenvalue weighted by Gasteiger charge is 2.13. The van der Waals surface area contributed by atoms with Crippen molar-refractivity contribution in [1.82, 2.24) is 9.97 Å². The van der Waals surface area contributed by atoms with Gasteiger partial charge in [0.2, 0.25) is 0 Å². The lowest BCUT2D eigenvalue weighted by molar-refractivity contribution is 1.01. The summed E-state index contributed by atoms with van der Waals surface area (Å²) in [6.45, 7) is 2.58. The normalized spacial score (nSPS) is 11.2. The number of nitrogens with zero attached hydrogens (tertiary/aromatic N) is 1. The number of aromatic amines is 1. The second kappa shape index (κ2) is 3.98. The third-order valence-electron chi connectivity index (χ3n) is 2.87. The maximum atomic E-state index is 5.60. The van der Waals surface area contributed by atoms with Crippen molar-refractivity contribution >= 4 is 22.2 Å². The third-order valence-corrected chi connectivity index (χ3v) is 3.78. The topological polar surface area (TPSA) is 54.7 Å². The van der Waals surface area contributed by atoms with Crippen LogP contribution in [0.4, 0.5) is 0 Å². The molecule has 3 nitrogen and oxygen atoms in total. The van der Waals surface area contributed by atoms with Gasteiger partial charge in [0, 0.05) is 34.1 Å². The molecule has 2 heterocycles.